The molecule has 1 unspecified atom stereocenters. The summed E-state index contributed by atoms with van der Waals surface area (Å²) in [5.41, 5.74) is 5.84. The van der Waals surface area contributed by atoms with Gasteiger partial charge in [0.1, 0.15) is 5.75 Å². The normalized spacial score (nSPS) is 15.9. The molecule has 0 radical (unpaired) electrons. The minimum atomic E-state index is -0.228. The van der Waals surface area contributed by atoms with Crippen LogP contribution in [0.25, 0.3) is 17.0 Å². The topological polar surface area (TPSA) is 63.4 Å². The quantitative estimate of drug-likeness (QED) is 0.365. The number of nitrogens with one attached hydrogen (secondary N) is 1. The van der Waals surface area contributed by atoms with Gasteiger partial charge in [-0.25, -0.2) is 0 Å². The van der Waals surface area contributed by atoms with Crippen LogP contribution in [0.4, 0.5) is 5.69 Å². The fourth-order valence-corrected chi connectivity index (χ4v) is 4.49. The van der Waals surface area contributed by atoms with Crippen LogP contribution in [-0.2, 0) is 0 Å². The van der Waals surface area contributed by atoms with E-state index in [9.17, 15) is 0 Å². The molecule has 0 amide bonds. The van der Waals surface area contributed by atoms with Crippen LogP contribution in [0.5, 0.6) is 5.75 Å². The average molecular weight is 469 g/mol. The Hall–Kier alpha value is -3.97. The van der Waals surface area contributed by atoms with Gasteiger partial charge in [-0.05, 0) is 55.9 Å². The van der Waals surface area contributed by atoms with Gasteiger partial charge in [0.05, 0.1) is 18.7 Å². The molecule has 1 atom stereocenters. The lowest BCUT2D eigenvalue weighted by atomic mass is 9.94. The van der Waals surface area contributed by atoms with Crippen molar-refractivity contribution in [1.82, 2.24) is 15.5 Å². The second kappa shape index (κ2) is 9.11. The van der Waals surface area contributed by atoms with Crippen LogP contribution in [-0.4, -0.2) is 22.4 Å². The Kier molecular flexibility index (Phi) is 5.86. The maximum absolute atomic E-state index is 5.82. The first-order chi connectivity index (χ1) is 16.5. The Morgan fingerprint density at radius 3 is 2.47 bits per heavy atom. The molecule has 0 aliphatic carbocycles. The molecule has 0 saturated carbocycles. The molecule has 0 saturated heterocycles. The fraction of sp³-hybridized carbons (Fsp3) is 0.148. The van der Waals surface area contributed by atoms with Gasteiger partial charge < -0.3 is 14.6 Å². The molecule has 170 valence electrons. The molecule has 1 aliphatic rings. The van der Waals surface area contributed by atoms with Crippen molar-refractivity contribution in [3.05, 3.63) is 102 Å². The van der Waals surface area contributed by atoms with Crippen LogP contribution in [0, 0.1) is 6.92 Å². The summed E-state index contributed by atoms with van der Waals surface area (Å²) in [5.74, 6) is 1.67. The molecule has 6 nitrogen and oxygen atoms in total. The highest BCUT2D eigenvalue weighted by molar-refractivity contribution is 7.80. The Bertz CT molecular complexity index is 1360. The van der Waals surface area contributed by atoms with Crippen molar-refractivity contribution in [2.75, 3.05) is 12.0 Å². The summed E-state index contributed by atoms with van der Waals surface area (Å²) in [6.07, 6.45) is 0. The van der Waals surface area contributed by atoms with E-state index in [4.69, 9.17) is 26.5 Å². The predicted molar refractivity (Wildman–Crippen MR) is 137 cm³/mol. The summed E-state index contributed by atoms with van der Waals surface area (Å²) in [6, 6.07) is 25.8. The third kappa shape index (κ3) is 4.06. The number of anilines is 1. The highest BCUT2D eigenvalue weighted by Crippen LogP contribution is 2.39. The largest absolute Gasteiger partial charge is 0.497 e. The van der Waals surface area contributed by atoms with E-state index in [2.05, 4.69) is 53.8 Å². The zero-order chi connectivity index (χ0) is 23.7. The van der Waals surface area contributed by atoms with E-state index in [1.54, 1.807) is 7.11 Å². The van der Waals surface area contributed by atoms with Crippen molar-refractivity contribution in [3.63, 3.8) is 0 Å². The minimum Gasteiger partial charge on any atom is -0.497 e. The van der Waals surface area contributed by atoms with E-state index in [0.717, 1.165) is 33.8 Å². The van der Waals surface area contributed by atoms with Crippen LogP contribution >= 0.6 is 12.2 Å². The average Bonchev–Trinajstić information content (AvgIpc) is 3.35. The fourth-order valence-electron chi connectivity index (χ4n) is 4.13. The van der Waals surface area contributed by atoms with Gasteiger partial charge in [0, 0.05) is 16.9 Å². The summed E-state index contributed by atoms with van der Waals surface area (Å²) in [7, 11) is 1.63. The van der Waals surface area contributed by atoms with Crippen LogP contribution in [0.3, 0.4) is 0 Å². The first kappa shape index (κ1) is 21.9. The van der Waals surface area contributed by atoms with Gasteiger partial charge in [0.15, 0.2) is 5.11 Å². The Morgan fingerprint density at radius 2 is 1.74 bits per heavy atom. The maximum Gasteiger partial charge on any atom is 0.258 e. The van der Waals surface area contributed by atoms with E-state index in [1.807, 2.05) is 54.3 Å². The number of hydrogen-bond acceptors (Lipinski definition) is 5. The van der Waals surface area contributed by atoms with E-state index in [1.165, 1.54) is 5.56 Å². The molecule has 34 heavy (non-hydrogen) atoms. The lowest BCUT2D eigenvalue weighted by Crippen LogP contribution is -2.46. The van der Waals surface area contributed by atoms with Crippen molar-refractivity contribution >= 4 is 28.6 Å². The van der Waals surface area contributed by atoms with Gasteiger partial charge in [-0.2, -0.15) is 4.98 Å². The zero-order valence-corrected chi connectivity index (χ0v) is 20.0. The van der Waals surface area contributed by atoms with Gasteiger partial charge >= 0.3 is 0 Å². The number of allylic oxidation sites excluding steroid dienone is 1. The monoisotopic (exact) mass is 468 g/mol. The number of hydrogen-bond donors (Lipinski definition) is 1. The molecule has 4 aromatic rings. The number of aromatic nitrogens is 2. The Labute approximate surface area is 203 Å². The summed E-state index contributed by atoms with van der Waals surface area (Å²) in [5, 5.41) is 8.38. The van der Waals surface area contributed by atoms with Crippen LogP contribution < -0.4 is 15.0 Å². The highest BCUT2D eigenvalue weighted by atomic mass is 32.1. The summed E-state index contributed by atoms with van der Waals surface area (Å²) in [4.78, 5) is 6.78. The Balaban J connectivity index is 1.64. The third-order valence-electron chi connectivity index (χ3n) is 5.89. The van der Waals surface area contributed by atoms with Crippen molar-refractivity contribution in [1.29, 1.82) is 0 Å². The van der Waals surface area contributed by atoms with Crippen LogP contribution in [0.2, 0.25) is 0 Å². The second-order valence-corrected chi connectivity index (χ2v) is 8.51. The lowest BCUT2D eigenvalue weighted by Gasteiger charge is -2.37. The standard InChI is InChI=1S/C27H24N4O2S/c1-17-12-14-21(15-13-17)31-18(2)23(24(28-27(31)34)19-8-5-4-6-9-19)26-29-25(30-33-26)20-10-7-11-22(16-20)32-3/h4-16,24H,1-3H3,(H,28,34). The van der Waals surface area contributed by atoms with Crippen molar-refractivity contribution in [2.45, 2.75) is 19.9 Å². The molecule has 0 fully saturated rings. The van der Waals surface area contributed by atoms with Crippen LogP contribution in [0.15, 0.2) is 89.1 Å². The molecule has 3 aromatic carbocycles. The molecule has 1 N–H and O–H groups in total. The Morgan fingerprint density at radius 1 is 0.971 bits per heavy atom. The van der Waals surface area contributed by atoms with Gasteiger partial charge in [0.25, 0.3) is 5.89 Å². The van der Waals surface area contributed by atoms with E-state index in [-0.39, 0.29) is 6.04 Å². The number of aryl methyl sites for hydroxylation is 1. The number of ether oxygens (including phenoxy) is 1. The van der Waals surface area contributed by atoms with Gasteiger partial charge in [-0.15, -0.1) is 0 Å². The van der Waals surface area contributed by atoms with Crippen molar-refractivity contribution in [3.8, 4) is 17.1 Å². The van der Waals surface area contributed by atoms with E-state index < -0.39 is 0 Å². The number of nitrogens with zero attached hydrogens (tertiary/aromatic N) is 3. The SMILES string of the molecule is COc1cccc(-c2noc(C3=C(C)N(c4ccc(C)cc4)C(=S)NC3c3ccccc3)n2)c1. The predicted octanol–water partition coefficient (Wildman–Crippen LogP) is 5.92. The van der Waals surface area contributed by atoms with Gasteiger partial charge in [-0.3, -0.25) is 4.90 Å². The zero-order valence-electron chi connectivity index (χ0n) is 19.1. The molecule has 0 bridgehead atoms. The first-order valence-electron chi connectivity index (χ1n) is 11.0. The molecular formula is C27H24N4O2S. The number of methoxy groups -OCH3 is 1. The second-order valence-electron chi connectivity index (χ2n) is 8.12. The summed E-state index contributed by atoms with van der Waals surface area (Å²) >= 11 is 5.81. The lowest BCUT2D eigenvalue weighted by molar-refractivity contribution is 0.403. The third-order valence-corrected chi connectivity index (χ3v) is 6.19. The summed E-state index contributed by atoms with van der Waals surface area (Å²) < 4.78 is 11.2. The molecule has 1 aromatic heterocycles. The van der Waals surface area contributed by atoms with Gasteiger partial charge in [0.2, 0.25) is 5.82 Å². The molecule has 5 rings (SSSR count). The number of rotatable bonds is 5. The molecular weight excluding hydrogens is 444 g/mol. The van der Waals surface area contributed by atoms with Crippen molar-refractivity contribution < 1.29 is 9.26 Å². The van der Waals surface area contributed by atoms with Crippen LogP contribution in [0.1, 0.15) is 30.0 Å². The molecule has 0 spiro atoms. The van der Waals surface area contributed by atoms with E-state index >= 15 is 0 Å². The molecule has 1 aliphatic heterocycles. The molecule has 2 heterocycles. The highest BCUT2D eigenvalue weighted by Gasteiger charge is 2.34. The molecule has 7 heteroatoms. The maximum atomic E-state index is 5.82. The minimum absolute atomic E-state index is 0.228. The van der Waals surface area contributed by atoms with Crippen molar-refractivity contribution in [2.24, 2.45) is 0 Å². The number of thiocarbonyl (C=S) groups is 1. The van der Waals surface area contributed by atoms with Gasteiger partial charge in [-0.1, -0.05) is 65.3 Å². The smallest absolute Gasteiger partial charge is 0.258 e. The first-order valence-corrected chi connectivity index (χ1v) is 11.4. The summed E-state index contributed by atoms with van der Waals surface area (Å²) in [6.45, 7) is 4.10. The number of benzene rings is 3. The van der Waals surface area contributed by atoms with E-state index in [0.29, 0.717) is 16.8 Å².